The molecule has 1 aliphatic heterocycles. The molecule has 5 nitrogen and oxygen atoms in total. The standard InChI is InChI=1S/C25H27NO4/c27-22(25(15-16-25)20-4-2-1-3-5-20)12-10-21-11-13-23(28)26(21)17-14-18-6-8-19(9-7-18)24(29)30/h1-10,12,21-22,27H,11,13-17H2,(H,29,30)/b12-10+. The first-order chi connectivity index (χ1) is 14.5. The van der Waals surface area contributed by atoms with Crippen LogP contribution in [0.4, 0.5) is 0 Å². The van der Waals surface area contributed by atoms with Gasteiger partial charge in [0.15, 0.2) is 0 Å². The second-order valence-electron chi connectivity index (χ2n) is 8.30. The van der Waals surface area contributed by atoms with Gasteiger partial charge in [0.2, 0.25) is 5.91 Å². The molecule has 2 aromatic rings. The number of hydrogen-bond donors (Lipinski definition) is 2. The van der Waals surface area contributed by atoms with Crippen LogP contribution in [0.25, 0.3) is 0 Å². The Balaban J connectivity index is 1.38. The number of carbonyl (C=O) groups is 2. The van der Waals surface area contributed by atoms with Crippen molar-refractivity contribution in [2.24, 2.45) is 0 Å². The lowest BCUT2D eigenvalue weighted by Crippen LogP contribution is -2.34. The van der Waals surface area contributed by atoms with E-state index in [4.69, 9.17) is 5.11 Å². The second-order valence-corrected chi connectivity index (χ2v) is 8.30. The second kappa shape index (κ2) is 8.44. The van der Waals surface area contributed by atoms with E-state index < -0.39 is 12.1 Å². The maximum absolute atomic E-state index is 12.4. The molecule has 5 heteroatoms. The summed E-state index contributed by atoms with van der Waals surface area (Å²) in [5.74, 6) is -0.811. The number of likely N-dealkylation sites (tertiary alicyclic amines) is 1. The van der Waals surface area contributed by atoms with E-state index in [0.717, 1.165) is 24.8 Å². The van der Waals surface area contributed by atoms with E-state index in [-0.39, 0.29) is 22.9 Å². The van der Waals surface area contributed by atoms with Crippen molar-refractivity contribution in [3.8, 4) is 0 Å². The zero-order valence-corrected chi connectivity index (χ0v) is 16.9. The van der Waals surface area contributed by atoms with Gasteiger partial charge in [0.1, 0.15) is 0 Å². The van der Waals surface area contributed by atoms with E-state index in [1.807, 2.05) is 35.3 Å². The van der Waals surface area contributed by atoms with Gasteiger partial charge >= 0.3 is 5.97 Å². The molecule has 2 atom stereocenters. The first-order valence-electron chi connectivity index (χ1n) is 10.5. The van der Waals surface area contributed by atoms with Gasteiger partial charge in [0.25, 0.3) is 0 Å². The normalized spacial score (nSPS) is 21.2. The molecule has 1 heterocycles. The van der Waals surface area contributed by atoms with Gasteiger partial charge in [-0.2, -0.15) is 0 Å². The molecule has 2 aromatic carbocycles. The lowest BCUT2D eigenvalue weighted by atomic mass is 9.89. The van der Waals surface area contributed by atoms with Crippen molar-refractivity contribution in [3.63, 3.8) is 0 Å². The molecule has 30 heavy (non-hydrogen) atoms. The van der Waals surface area contributed by atoms with Gasteiger partial charge in [-0.05, 0) is 48.9 Å². The van der Waals surface area contributed by atoms with Crippen LogP contribution in [0, 0.1) is 0 Å². The van der Waals surface area contributed by atoms with E-state index in [9.17, 15) is 14.7 Å². The minimum absolute atomic E-state index is 0.00276. The molecular formula is C25H27NO4. The molecule has 0 bridgehead atoms. The Hall–Kier alpha value is -2.92. The van der Waals surface area contributed by atoms with Crippen molar-refractivity contribution in [1.29, 1.82) is 0 Å². The number of carbonyl (C=O) groups excluding carboxylic acids is 1. The van der Waals surface area contributed by atoms with E-state index >= 15 is 0 Å². The minimum Gasteiger partial charge on any atom is -0.478 e. The van der Waals surface area contributed by atoms with Gasteiger partial charge in [-0.3, -0.25) is 4.79 Å². The average Bonchev–Trinajstić information content (AvgIpc) is 3.51. The lowest BCUT2D eigenvalue weighted by molar-refractivity contribution is -0.128. The molecule has 1 saturated heterocycles. The maximum Gasteiger partial charge on any atom is 0.335 e. The number of hydrogen-bond acceptors (Lipinski definition) is 3. The van der Waals surface area contributed by atoms with Crippen LogP contribution in [0.2, 0.25) is 0 Å². The maximum atomic E-state index is 12.4. The van der Waals surface area contributed by atoms with Crippen molar-refractivity contribution in [2.75, 3.05) is 6.54 Å². The molecule has 2 unspecified atom stereocenters. The third kappa shape index (κ3) is 4.17. The fourth-order valence-corrected chi connectivity index (χ4v) is 4.39. The van der Waals surface area contributed by atoms with Crippen LogP contribution in [0.1, 0.15) is 47.2 Å². The number of carboxylic acid groups (broad SMARTS) is 1. The highest BCUT2D eigenvalue weighted by atomic mass is 16.4. The molecule has 1 aliphatic carbocycles. The Kier molecular flexibility index (Phi) is 5.73. The average molecular weight is 405 g/mol. The van der Waals surface area contributed by atoms with Crippen LogP contribution in [-0.4, -0.2) is 45.7 Å². The number of nitrogens with zero attached hydrogens (tertiary/aromatic N) is 1. The molecule has 0 spiro atoms. The number of rotatable bonds is 8. The van der Waals surface area contributed by atoms with E-state index in [0.29, 0.717) is 19.4 Å². The highest BCUT2D eigenvalue weighted by molar-refractivity contribution is 5.87. The Morgan fingerprint density at radius 2 is 1.83 bits per heavy atom. The zero-order chi connectivity index (χ0) is 21.1. The smallest absolute Gasteiger partial charge is 0.335 e. The van der Waals surface area contributed by atoms with E-state index in [1.165, 1.54) is 5.56 Å². The molecule has 156 valence electrons. The van der Waals surface area contributed by atoms with Crippen molar-refractivity contribution in [1.82, 2.24) is 4.90 Å². The van der Waals surface area contributed by atoms with E-state index in [2.05, 4.69) is 12.1 Å². The first-order valence-corrected chi connectivity index (χ1v) is 10.5. The summed E-state index contributed by atoms with van der Waals surface area (Å²) in [7, 11) is 0. The number of carboxylic acids is 1. The first kappa shape index (κ1) is 20.4. The topological polar surface area (TPSA) is 77.8 Å². The van der Waals surface area contributed by atoms with Crippen LogP contribution in [0.3, 0.4) is 0 Å². The summed E-state index contributed by atoms with van der Waals surface area (Å²) in [4.78, 5) is 25.2. The minimum atomic E-state index is -0.941. The highest BCUT2D eigenvalue weighted by Gasteiger charge is 2.49. The third-order valence-corrected chi connectivity index (χ3v) is 6.44. The van der Waals surface area contributed by atoms with Crippen molar-refractivity contribution in [2.45, 2.75) is 49.7 Å². The monoisotopic (exact) mass is 405 g/mol. The quantitative estimate of drug-likeness (QED) is 0.658. The molecule has 1 saturated carbocycles. The molecule has 0 radical (unpaired) electrons. The molecule has 1 amide bonds. The van der Waals surface area contributed by atoms with Gasteiger partial charge in [0, 0.05) is 18.4 Å². The van der Waals surface area contributed by atoms with Gasteiger partial charge in [-0.1, -0.05) is 54.6 Å². The summed E-state index contributed by atoms with van der Waals surface area (Å²) < 4.78 is 0. The third-order valence-electron chi connectivity index (χ3n) is 6.44. The van der Waals surface area contributed by atoms with Gasteiger partial charge in [0.05, 0.1) is 17.7 Å². The summed E-state index contributed by atoms with van der Waals surface area (Å²) in [5.41, 5.74) is 2.25. The fraction of sp³-hybridized carbons (Fsp3) is 0.360. The summed E-state index contributed by atoms with van der Waals surface area (Å²) in [6.07, 6.45) is 7.22. The SMILES string of the molecule is O=C(O)c1ccc(CCN2C(=O)CCC2/C=C/C(O)C2(c3ccccc3)CC2)cc1. The number of amides is 1. The predicted molar refractivity (Wildman–Crippen MR) is 114 cm³/mol. The molecule has 2 aliphatic rings. The molecule has 4 rings (SSSR count). The van der Waals surface area contributed by atoms with Crippen LogP contribution in [-0.2, 0) is 16.6 Å². The summed E-state index contributed by atoms with van der Waals surface area (Å²) in [6, 6.07) is 16.9. The highest BCUT2D eigenvalue weighted by Crippen LogP contribution is 2.51. The van der Waals surface area contributed by atoms with E-state index in [1.54, 1.807) is 24.3 Å². The van der Waals surface area contributed by atoms with Crippen LogP contribution in [0.15, 0.2) is 66.7 Å². The van der Waals surface area contributed by atoms with Crippen molar-refractivity contribution in [3.05, 3.63) is 83.4 Å². The Bertz CT molecular complexity index is 931. The zero-order valence-electron chi connectivity index (χ0n) is 16.9. The summed E-state index contributed by atoms with van der Waals surface area (Å²) in [5, 5.41) is 19.9. The number of aliphatic hydroxyl groups excluding tert-OH is 1. The Labute approximate surface area is 176 Å². The van der Waals surface area contributed by atoms with Crippen LogP contribution < -0.4 is 0 Å². The van der Waals surface area contributed by atoms with Crippen LogP contribution in [0.5, 0.6) is 0 Å². The fourth-order valence-electron chi connectivity index (χ4n) is 4.39. The largest absolute Gasteiger partial charge is 0.478 e. The molecule has 2 N–H and O–H groups in total. The summed E-state index contributed by atoms with van der Waals surface area (Å²) in [6.45, 7) is 0.584. The Morgan fingerprint density at radius 3 is 2.47 bits per heavy atom. The van der Waals surface area contributed by atoms with Crippen molar-refractivity contribution < 1.29 is 19.8 Å². The number of aliphatic hydroxyl groups is 1. The predicted octanol–water partition coefficient (Wildman–Crippen LogP) is 3.57. The van der Waals surface area contributed by atoms with Gasteiger partial charge in [-0.25, -0.2) is 4.79 Å². The molecule has 2 fully saturated rings. The lowest BCUT2D eigenvalue weighted by Gasteiger charge is -2.24. The van der Waals surface area contributed by atoms with Gasteiger partial charge in [-0.15, -0.1) is 0 Å². The number of benzene rings is 2. The van der Waals surface area contributed by atoms with Gasteiger partial charge < -0.3 is 15.1 Å². The Morgan fingerprint density at radius 1 is 1.13 bits per heavy atom. The molecule has 0 aromatic heterocycles. The number of aromatic carboxylic acids is 1. The molecular weight excluding hydrogens is 378 g/mol. The summed E-state index contributed by atoms with van der Waals surface area (Å²) >= 11 is 0. The van der Waals surface area contributed by atoms with Crippen LogP contribution >= 0.6 is 0 Å². The van der Waals surface area contributed by atoms with Crippen molar-refractivity contribution >= 4 is 11.9 Å².